The lowest BCUT2D eigenvalue weighted by Crippen LogP contribution is -2.62. The third-order valence-corrected chi connectivity index (χ3v) is 13.1. The topological polar surface area (TPSA) is 20.2 Å². The Morgan fingerprint density at radius 1 is 0.871 bits per heavy atom. The number of rotatable bonds is 1. The van der Waals surface area contributed by atoms with Crippen LogP contribution in [0.25, 0.3) is 0 Å². The summed E-state index contributed by atoms with van der Waals surface area (Å²) < 4.78 is 0. The van der Waals surface area contributed by atoms with Crippen LogP contribution in [-0.4, -0.2) is 11.2 Å². The van der Waals surface area contributed by atoms with Crippen molar-refractivity contribution in [1.29, 1.82) is 0 Å². The van der Waals surface area contributed by atoms with Crippen LogP contribution in [0.4, 0.5) is 0 Å². The Balaban J connectivity index is 1.59. The smallest absolute Gasteiger partial charge is 0.0594 e. The van der Waals surface area contributed by atoms with E-state index in [9.17, 15) is 5.11 Å². The molecular formula is C30H50O. The van der Waals surface area contributed by atoms with Gasteiger partial charge in [0.2, 0.25) is 0 Å². The maximum absolute atomic E-state index is 10.9. The highest BCUT2D eigenvalue weighted by atomic mass is 16.3. The summed E-state index contributed by atoms with van der Waals surface area (Å²) in [6.07, 6.45) is 14.6. The predicted octanol–water partition coefficient (Wildman–Crippen LogP) is 8.02. The molecule has 9 atom stereocenters. The third kappa shape index (κ3) is 2.65. The lowest BCUT2D eigenvalue weighted by Gasteiger charge is -2.70. The molecular weight excluding hydrogens is 376 g/mol. The lowest BCUT2D eigenvalue weighted by atomic mass is 9.35. The van der Waals surface area contributed by atoms with Crippen molar-refractivity contribution in [1.82, 2.24) is 0 Å². The van der Waals surface area contributed by atoms with Crippen LogP contribution < -0.4 is 0 Å². The molecule has 0 aromatic carbocycles. The Kier molecular flexibility index (Phi) is 4.82. The Labute approximate surface area is 192 Å². The van der Waals surface area contributed by atoms with Crippen LogP contribution in [0.1, 0.15) is 113 Å². The van der Waals surface area contributed by atoms with Gasteiger partial charge in [-0.15, -0.1) is 0 Å². The van der Waals surface area contributed by atoms with E-state index in [0.29, 0.717) is 22.2 Å². The third-order valence-electron chi connectivity index (χ3n) is 13.1. The van der Waals surface area contributed by atoms with Gasteiger partial charge in [0.1, 0.15) is 0 Å². The van der Waals surface area contributed by atoms with Gasteiger partial charge in [-0.3, -0.25) is 0 Å². The average molecular weight is 427 g/mol. The molecule has 0 unspecified atom stereocenters. The number of hydrogen-bond acceptors (Lipinski definition) is 1. The highest BCUT2D eigenvalue weighted by Crippen LogP contribution is 2.76. The van der Waals surface area contributed by atoms with Gasteiger partial charge in [-0.05, 0) is 114 Å². The molecule has 0 saturated heterocycles. The van der Waals surface area contributed by atoms with E-state index in [1.807, 2.05) is 5.57 Å². The van der Waals surface area contributed by atoms with Crippen LogP contribution in [0.3, 0.4) is 0 Å². The second-order valence-electron chi connectivity index (χ2n) is 14.7. The molecule has 0 aromatic rings. The molecule has 5 aliphatic carbocycles. The molecule has 176 valence electrons. The molecule has 0 amide bonds. The summed E-state index contributed by atoms with van der Waals surface area (Å²) in [5, 5.41) is 10.9. The van der Waals surface area contributed by atoms with Gasteiger partial charge < -0.3 is 5.11 Å². The minimum Gasteiger partial charge on any atom is -0.393 e. The van der Waals surface area contributed by atoms with Crippen molar-refractivity contribution in [2.24, 2.45) is 56.7 Å². The molecule has 0 spiro atoms. The first-order valence-corrected chi connectivity index (χ1v) is 13.7. The first kappa shape index (κ1) is 22.5. The van der Waals surface area contributed by atoms with Gasteiger partial charge in [0.15, 0.2) is 0 Å². The number of aliphatic hydroxyl groups excluding tert-OH is 1. The van der Waals surface area contributed by atoms with Gasteiger partial charge >= 0.3 is 0 Å². The molecule has 0 aliphatic heterocycles. The summed E-state index contributed by atoms with van der Waals surface area (Å²) in [6, 6.07) is 0. The van der Waals surface area contributed by atoms with E-state index in [-0.39, 0.29) is 16.9 Å². The second-order valence-corrected chi connectivity index (χ2v) is 14.7. The molecule has 1 N–H and O–H groups in total. The fourth-order valence-electron chi connectivity index (χ4n) is 10.9. The summed E-state index contributed by atoms with van der Waals surface area (Å²) in [6.45, 7) is 20.4. The molecule has 4 saturated carbocycles. The number of allylic oxidation sites excluding steroid dienone is 2. The van der Waals surface area contributed by atoms with Crippen molar-refractivity contribution in [2.75, 3.05) is 0 Å². The maximum Gasteiger partial charge on any atom is 0.0594 e. The Bertz CT molecular complexity index is 777. The summed E-state index contributed by atoms with van der Waals surface area (Å²) in [4.78, 5) is 0. The van der Waals surface area contributed by atoms with Crippen molar-refractivity contribution in [3.8, 4) is 0 Å². The van der Waals surface area contributed by atoms with Crippen LogP contribution in [-0.2, 0) is 0 Å². The molecule has 31 heavy (non-hydrogen) atoms. The molecule has 5 aliphatic rings. The maximum atomic E-state index is 10.9. The number of hydrogen-bond donors (Lipinski definition) is 1. The van der Waals surface area contributed by atoms with E-state index in [1.54, 1.807) is 0 Å². The minimum atomic E-state index is -0.136. The van der Waals surface area contributed by atoms with Crippen molar-refractivity contribution >= 4 is 0 Å². The van der Waals surface area contributed by atoms with Gasteiger partial charge in [-0.25, -0.2) is 0 Å². The average Bonchev–Trinajstić information content (AvgIpc) is 3.04. The Morgan fingerprint density at radius 3 is 2.26 bits per heavy atom. The van der Waals surface area contributed by atoms with E-state index >= 15 is 0 Å². The van der Waals surface area contributed by atoms with Gasteiger partial charge in [0, 0.05) is 0 Å². The first-order chi connectivity index (χ1) is 14.3. The SMILES string of the molecule is CC(C)[C@@H]1CC[C@]2(C)CC[C@]3(C)[C@H](CC=C4[C@@]5(C)CC[C@H](O)C(C)(C)[C@@H]5CC[C@]43C)[C@@H]12. The zero-order chi connectivity index (χ0) is 22.6. The van der Waals surface area contributed by atoms with Gasteiger partial charge in [-0.1, -0.05) is 67.0 Å². The molecule has 0 radical (unpaired) electrons. The number of fused-ring (bicyclic) bond motifs is 7. The van der Waals surface area contributed by atoms with Crippen LogP contribution in [0, 0.1) is 56.7 Å². The molecule has 0 bridgehead atoms. The molecule has 0 heterocycles. The van der Waals surface area contributed by atoms with Crippen LogP contribution in [0.5, 0.6) is 0 Å². The van der Waals surface area contributed by atoms with E-state index in [1.165, 1.54) is 51.4 Å². The van der Waals surface area contributed by atoms with E-state index in [4.69, 9.17) is 0 Å². The Morgan fingerprint density at radius 2 is 1.58 bits per heavy atom. The van der Waals surface area contributed by atoms with Gasteiger partial charge in [-0.2, -0.15) is 0 Å². The number of aliphatic hydroxyl groups is 1. The van der Waals surface area contributed by atoms with Crippen molar-refractivity contribution in [2.45, 2.75) is 119 Å². The van der Waals surface area contributed by atoms with Crippen LogP contribution in [0.15, 0.2) is 11.6 Å². The van der Waals surface area contributed by atoms with E-state index in [0.717, 1.165) is 30.1 Å². The van der Waals surface area contributed by atoms with Crippen molar-refractivity contribution in [3.63, 3.8) is 0 Å². The fourth-order valence-corrected chi connectivity index (χ4v) is 10.9. The molecule has 1 heteroatoms. The molecule has 5 rings (SSSR count). The molecule has 0 aromatic heterocycles. The van der Waals surface area contributed by atoms with Crippen molar-refractivity contribution < 1.29 is 5.11 Å². The molecule has 4 fully saturated rings. The summed E-state index contributed by atoms with van der Waals surface area (Å²) in [5.41, 5.74) is 3.48. The van der Waals surface area contributed by atoms with Crippen LogP contribution in [0.2, 0.25) is 0 Å². The summed E-state index contributed by atoms with van der Waals surface area (Å²) in [5.74, 6) is 4.13. The monoisotopic (exact) mass is 426 g/mol. The van der Waals surface area contributed by atoms with Gasteiger partial charge in [0.05, 0.1) is 6.10 Å². The summed E-state index contributed by atoms with van der Waals surface area (Å²) in [7, 11) is 0. The largest absolute Gasteiger partial charge is 0.393 e. The zero-order valence-corrected chi connectivity index (χ0v) is 21.9. The van der Waals surface area contributed by atoms with E-state index < -0.39 is 0 Å². The highest BCUT2D eigenvalue weighted by Gasteiger charge is 2.68. The minimum absolute atomic E-state index is 0.0340. The van der Waals surface area contributed by atoms with Crippen molar-refractivity contribution in [3.05, 3.63) is 11.6 Å². The Hall–Kier alpha value is -0.300. The predicted molar refractivity (Wildman–Crippen MR) is 131 cm³/mol. The zero-order valence-electron chi connectivity index (χ0n) is 21.9. The first-order valence-electron chi connectivity index (χ1n) is 13.7. The standard InChI is InChI=1S/C30H50O/c1-19(2)20-11-14-27(5)17-18-29(7)21(25(20)27)9-10-23-28(6)15-13-24(31)26(3,4)22(28)12-16-30(23,29)8/h10,19-22,24-25,31H,9,11-18H2,1-8H3/t20-,21+,22-,24-,25+,27+,28-,29+,30+/m0/s1. The normalized spacial score (nSPS) is 55.7. The fraction of sp³-hybridized carbons (Fsp3) is 0.933. The second kappa shape index (κ2) is 6.64. The summed E-state index contributed by atoms with van der Waals surface area (Å²) >= 11 is 0. The lowest BCUT2D eigenvalue weighted by molar-refractivity contribution is -0.159. The van der Waals surface area contributed by atoms with Gasteiger partial charge in [0.25, 0.3) is 0 Å². The van der Waals surface area contributed by atoms with E-state index in [2.05, 4.69) is 61.5 Å². The van der Waals surface area contributed by atoms with Crippen LogP contribution >= 0.6 is 0 Å². The highest BCUT2D eigenvalue weighted by molar-refractivity contribution is 5.35. The molecule has 1 nitrogen and oxygen atoms in total. The quantitative estimate of drug-likeness (QED) is 0.421.